The van der Waals surface area contributed by atoms with Crippen LogP contribution in [0.5, 0.6) is 0 Å². The number of nitrogens with zero attached hydrogens (tertiary/aromatic N) is 2. The first kappa shape index (κ1) is 17.3. The summed E-state index contributed by atoms with van der Waals surface area (Å²) in [5.74, 6) is 1.30. The van der Waals surface area contributed by atoms with Gasteiger partial charge in [0.1, 0.15) is 0 Å². The van der Waals surface area contributed by atoms with E-state index in [1.807, 2.05) is 18.7 Å². The van der Waals surface area contributed by atoms with Crippen molar-refractivity contribution in [2.75, 3.05) is 6.54 Å². The molecule has 2 saturated carbocycles. The van der Waals surface area contributed by atoms with E-state index < -0.39 is 0 Å². The highest BCUT2D eigenvalue weighted by Gasteiger charge is 2.48. The molecule has 3 rings (SSSR count). The number of rotatable bonds is 4. The van der Waals surface area contributed by atoms with E-state index in [-0.39, 0.29) is 30.3 Å². The number of nitrogens with one attached hydrogen (secondary N) is 1. The van der Waals surface area contributed by atoms with Crippen LogP contribution in [0.4, 0.5) is 0 Å². The number of carbonyl (C=O) groups is 1. The zero-order valence-electron chi connectivity index (χ0n) is 13.6. The molecule has 5 nitrogen and oxygen atoms in total. The molecule has 2 aliphatic carbocycles. The van der Waals surface area contributed by atoms with Gasteiger partial charge in [0.2, 0.25) is 5.91 Å². The van der Waals surface area contributed by atoms with Gasteiger partial charge in [0, 0.05) is 25.3 Å². The van der Waals surface area contributed by atoms with Crippen molar-refractivity contribution in [3.8, 4) is 0 Å². The van der Waals surface area contributed by atoms with Gasteiger partial charge in [0.05, 0.1) is 11.6 Å². The maximum Gasteiger partial charge on any atom is 0.224 e. The van der Waals surface area contributed by atoms with Crippen molar-refractivity contribution in [3.63, 3.8) is 0 Å². The molecule has 6 heteroatoms. The first-order valence-corrected chi connectivity index (χ1v) is 8.01. The van der Waals surface area contributed by atoms with Crippen molar-refractivity contribution >= 4 is 18.3 Å². The Morgan fingerprint density at radius 2 is 2.05 bits per heavy atom. The normalized spacial score (nSPS) is 29.5. The highest BCUT2D eigenvalue weighted by molar-refractivity contribution is 5.85. The Morgan fingerprint density at radius 1 is 1.36 bits per heavy atom. The molecule has 2 aliphatic rings. The molecule has 1 aromatic rings. The largest absolute Gasteiger partial charge is 0.355 e. The van der Waals surface area contributed by atoms with Gasteiger partial charge >= 0.3 is 0 Å². The van der Waals surface area contributed by atoms with Crippen molar-refractivity contribution < 1.29 is 4.79 Å². The molecule has 2 fully saturated rings. The van der Waals surface area contributed by atoms with E-state index in [1.165, 1.54) is 24.1 Å². The Kier molecular flexibility index (Phi) is 5.17. The lowest BCUT2D eigenvalue weighted by molar-refractivity contribution is -0.127. The third-order valence-electron chi connectivity index (χ3n) is 5.62. The van der Waals surface area contributed by atoms with Gasteiger partial charge in [-0.25, -0.2) is 0 Å². The predicted molar refractivity (Wildman–Crippen MR) is 88.9 cm³/mol. The Bertz CT molecular complexity index is 555. The summed E-state index contributed by atoms with van der Waals surface area (Å²) in [4.78, 5) is 12.4. The standard InChI is InChI=1S/C16H26N4O.ClH/c1-9-13(10(2)20(3)19-9)6-7-18-16(21)14-11-4-5-12(8-11)15(14)17;/h11-12,14-15H,4-8,17H2,1-3H3,(H,18,21);1H. The monoisotopic (exact) mass is 326 g/mol. The highest BCUT2D eigenvalue weighted by atomic mass is 35.5. The topological polar surface area (TPSA) is 72.9 Å². The van der Waals surface area contributed by atoms with Crippen LogP contribution in [0.15, 0.2) is 0 Å². The fourth-order valence-electron chi connectivity index (χ4n) is 4.33. The minimum absolute atomic E-state index is 0. The third-order valence-corrected chi connectivity index (χ3v) is 5.62. The number of aromatic nitrogens is 2. The minimum Gasteiger partial charge on any atom is -0.355 e. The molecule has 3 N–H and O–H groups in total. The predicted octanol–water partition coefficient (Wildman–Crippen LogP) is 1.49. The number of nitrogens with two attached hydrogens (primary N) is 1. The van der Waals surface area contributed by atoms with Gasteiger partial charge < -0.3 is 11.1 Å². The fourth-order valence-corrected chi connectivity index (χ4v) is 4.33. The lowest BCUT2D eigenvalue weighted by atomic mass is 9.84. The molecular formula is C16H27ClN4O. The average Bonchev–Trinajstić information content (AvgIpc) is 3.08. The van der Waals surface area contributed by atoms with Crippen LogP contribution in [0.2, 0.25) is 0 Å². The number of hydrogen-bond donors (Lipinski definition) is 2. The zero-order chi connectivity index (χ0) is 15.1. The van der Waals surface area contributed by atoms with Crippen LogP contribution >= 0.6 is 12.4 Å². The van der Waals surface area contributed by atoms with Crippen LogP contribution in [0.1, 0.15) is 36.2 Å². The van der Waals surface area contributed by atoms with Gasteiger partial charge in [0.15, 0.2) is 0 Å². The maximum absolute atomic E-state index is 12.4. The van der Waals surface area contributed by atoms with E-state index in [2.05, 4.69) is 17.3 Å². The van der Waals surface area contributed by atoms with Crippen molar-refractivity contribution in [1.82, 2.24) is 15.1 Å². The van der Waals surface area contributed by atoms with Crippen molar-refractivity contribution in [1.29, 1.82) is 0 Å². The first-order valence-electron chi connectivity index (χ1n) is 8.01. The van der Waals surface area contributed by atoms with Crippen molar-refractivity contribution in [2.24, 2.45) is 30.5 Å². The molecule has 0 saturated heterocycles. The molecule has 4 unspecified atom stereocenters. The lowest BCUT2D eigenvalue weighted by Crippen LogP contribution is -2.45. The number of halogens is 1. The zero-order valence-corrected chi connectivity index (χ0v) is 14.4. The summed E-state index contributed by atoms with van der Waals surface area (Å²) in [5, 5.41) is 7.51. The summed E-state index contributed by atoms with van der Waals surface area (Å²) in [6.45, 7) is 4.77. The number of aryl methyl sites for hydroxylation is 2. The summed E-state index contributed by atoms with van der Waals surface area (Å²) in [5.41, 5.74) is 9.71. The van der Waals surface area contributed by atoms with E-state index in [4.69, 9.17) is 5.73 Å². The minimum atomic E-state index is 0. The second-order valence-corrected chi connectivity index (χ2v) is 6.75. The number of carbonyl (C=O) groups excluding carboxylic acids is 1. The van der Waals surface area contributed by atoms with Crippen LogP contribution in [0, 0.1) is 31.6 Å². The quantitative estimate of drug-likeness (QED) is 0.880. The molecule has 1 aromatic heterocycles. The van der Waals surface area contributed by atoms with Gasteiger partial charge in [-0.05, 0) is 56.9 Å². The van der Waals surface area contributed by atoms with Crippen LogP contribution < -0.4 is 11.1 Å². The van der Waals surface area contributed by atoms with E-state index in [0.717, 1.165) is 18.5 Å². The average molecular weight is 327 g/mol. The van der Waals surface area contributed by atoms with Crippen LogP contribution in [-0.2, 0) is 18.3 Å². The smallest absolute Gasteiger partial charge is 0.224 e. The molecule has 1 heterocycles. The van der Waals surface area contributed by atoms with E-state index in [0.29, 0.717) is 18.4 Å². The van der Waals surface area contributed by atoms with E-state index >= 15 is 0 Å². The summed E-state index contributed by atoms with van der Waals surface area (Å²) in [6, 6.07) is 0.0746. The molecule has 0 radical (unpaired) electrons. The second kappa shape index (κ2) is 6.59. The third kappa shape index (κ3) is 2.88. The Labute approximate surface area is 138 Å². The molecule has 0 spiro atoms. The summed E-state index contributed by atoms with van der Waals surface area (Å²) < 4.78 is 1.90. The van der Waals surface area contributed by atoms with Gasteiger partial charge in [-0.15, -0.1) is 12.4 Å². The van der Waals surface area contributed by atoms with Gasteiger partial charge in [-0.1, -0.05) is 0 Å². The van der Waals surface area contributed by atoms with Crippen molar-refractivity contribution in [3.05, 3.63) is 17.0 Å². The molecule has 22 heavy (non-hydrogen) atoms. The Morgan fingerprint density at radius 3 is 2.59 bits per heavy atom. The number of amides is 1. The Balaban J connectivity index is 0.00000176. The van der Waals surface area contributed by atoms with Crippen molar-refractivity contribution in [2.45, 2.75) is 45.6 Å². The Hall–Kier alpha value is -1.07. The van der Waals surface area contributed by atoms with Gasteiger partial charge in [-0.3, -0.25) is 9.48 Å². The number of hydrogen-bond acceptors (Lipinski definition) is 3. The van der Waals surface area contributed by atoms with Crippen LogP contribution in [0.25, 0.3) is 0 Å². The van der Waals surface area contributed by atoms with E-state index in [1.54, 1.807) is 0 Å². The molecule has 0 aliphatic heterocycles. The molecule has 2 bridgehead atoms. The summed E-state index contributed by atoms with van der Waals surface area (Å²) in [7, 11) is 1.96. The fraction of sp³-hybridized carbons (Fsp3) is 0.750. The van der Waals surface area contributed by atoms with Crippen LogP contribution in [-0.4, -0.2) is 28.3 Å². The summed E-state index contributed by atoms with van der Waals surface area (Å²) in [6.07, 6.45) is 4.38. The van der Waals surface area contributed by atoms with Crippen LogP contribution in [0.3, 0.4) is 0 Å². The SMILES string of the molecule is Cc1nn(C)c(C)c1CCNC(=O)C1C2CCC(C2)C1N.Cl. The summed E-state index contributed by atoms with van der Waals surface area (Å²) >= 11 is 0. The molecular weight excluding hydrogens is 300 g/mol. The lowest BCUT2D eigenvalue weighted by Gasteiger charge is -2.27. The highest BCUT2D eigenvalue weighted by Crippen LogP contribution is 2.47. The first-order chi connectivity index (χ1) is 9.99. The number of fused-ring (bicyclic) bond motifs is 2. The molecule has 124 valence electrons. The molecule has 1 amide bonds. The van der Waals surface area contributed by atoms with Gasteiger partial charge in [-0.2, -0.15) is 5.10 Å². The maximum atomic E-state index is 12.4. The molecule has 4 atom stereocenters. The van der Waals surface area contributed by atoms with E-state index in [9.17, 15) is 4.79 Å². The molecule has 0 aromatic carbocycles. The van der Waals surface area contributed by atoms with Gasteiger partial charge in [0.25, 0.3) is 0 Å². The second-order valence-electron chi connectivity index (χ2n) is 6.75.